The molecule has 0 spiro atoms. The Hall–Kier alpha value is -1.85. The van der Waals surface area contributed by atoms with Gasteiger partial charge in [0.2, 0.25) is 0 Å². The molecule has 6 heteroatoms. The molecule has 1 heterocycles. The molecule has 0 atom stereocenters. The van der Waals surface area contributed by atoms with Crippen LogP contribution in [0.3, 0.4) is 0 Å². The van der Waals surface area contributed by atoms with Crippen molar-refractivity contribution in [1.29, 1.82) is 0 Å². The average molecular weight is 266 g/mol. The average Bonchev–Trinajstić information content (AvgIpc) is 2.70. The lowest BCUT2D eigenvalue weighted by Gasteiger charge is -2.33. The second-order valence-electron chi connectivity index (χ2n) is 5.10. The van der Waals surface area contributed by atoms with Crippen LogP contribution >= 0.6 is 0 Å². The second-order valence-corrected chi connectivity index (χ2v) is 5.10. The molecule has 1 aliphatic carbocycles. The number of carbonyl (C=O) groups excluding carboxylic acids is 1. The van der Waals surface area contributed by atoms with E-state index in [0.29, 0.717) is 29.9 Å². The van der Waals surface area contributed by atoms with E-state index in [4.69, 9.17) is 4.52 Å². The number of hydrogen-bond donors (Lipinski definition) is 2. The van der Waals surface area contributed by atoms with Gasteiger partial charge in [-0.15, -0.1) is 0 Å². The smallest absolute Gasteiger partial charge is 0.329 e. The summed E-state index contributed by atoms with van der Waals surface area (Å²) >= 11 is 0. The highest BCUT2D eigenvalue weighted by Crippen LogP contribution is 2.29. The first-order valence-electron chi connectivity index (χ1n) is 6.45. The lowest BCUT2D eigenvalue weighted by atomic mass is 9.81. The minimum Gasteiger partial charge on any atom is -0.480 e. The molecular formula is C13H18N2O4. The van der Waals surface area contributed by atoms with Crippen molar-refractivity contribution < 1.29 is 19.2 Å². The Morgan fingerprint density at radius 2 is 1.89 bits per heavy atom. The highest BCUT2D eigenvalue weighted by molar-refractivity contribution is 5.99. The number of carboxylic acid groups (broad SMARTS) is 1. The van der Waals surface area contributed by atoms with Crippen molar-refractivity contribution in [3.8, 4) is 0 Å². The Balaban J connectivity index is 2.23. The number of rotatable bonds is 3. The van der Waals surface area contributed by atoms with E-state index in [2.05, 4.69) is 10.5 Å². The van der Waals surface area contributed by atoms with Crippen molar-refractivity contribution in [2.45, 2.75) is 51.5 Å². The third-order valence-electron chi connectivity index (χ3n) is 3.73. The Labute approximate surface area is 111 Å². The monoisotopic (exact) mass is 266 g/mol. The Morgan fingerprint density at radius 1 is 1.26 bits per heavy atom. The molecule has 2 N–H and O–H groups in total. The molecule has 0 radical (unpaired) electrons. The maximum atomic E-state index is 12.3. The molecule has 19 heavy (non-hydrogen) atoms. The number of aromatic nitrogens is 1. The molecule has 0 unspecified atom stereocenters. The van der Waals surface area contributed by atoms with Gasteiger partial charge in [-0.25, -0.2) is 4.79 Å². The fourth-order valence-electron chi connectivity index (χ4n) is 2.63. The van der Waals surface area contributed by atoms with Gasteiger partial charge in [-0.3, -0.25) is 4.79 Å². The molecule has 1 aromatic heterocycles. The second kappa shape index (κ2) is 5.03. The summed E-state index contributed by atoms with van der Waals surface area (Å²) < 4.78 is 4.94. The molecule has 6 nitrogen and oxygen atoms in total. The van der Waals surface area contributed by atoms with Crippen LogP contribution < -0.4 is 5.32 Å². The van der Waals surface area contributed by atoms with Crippen LogP contribution in [0.15, 0.2) is 4.52 Å². The normalized spacial score (nSPS) is 18.0. The predicted molar refractivity (Wildman–Crippen MR) is 66.9 cm³/mol. The van der Waals surface area contributed by atoms with Crippen molar-refractivity contribution in [3.05, 3.63) is 17.0 Å². The van der Waals surface area contributed by atoms with E-state index >= 15 is 0 Å². The van der Waals surface area contributed by atoms with Crippen LogP contribution in [-0.4, -0.2) is 27.7 Å². The number of nitrogens with zero attached hydrogens (tertiary/aromatic N) is 1. The number of nitrogens with one attached hydrogen (secondary N) is 1. The third kappa shape index (κ3) is 2.47. The van der Waals surface area contributed by atoms with Gasteiger partial charge in [-0.1, -0.05) is 24.4 Å². The topological polar surface area (TPSA) is 92.4 Å². The summed E-state index contributed by atoms with van der Waals surface area (Å²) in [5.74, 6) is -0.973. The molecule has 0 aromatic carbocycles. The zero-order chi connectivity index (χ0) is 14.0. The van der Waals surface area contributed by atoms with Crippen LogP contribution in [0.25, 0.3) is 0 Å². The number of carbonyl (C=O) groups is 2. The van der Waals surface area contributed by atoms with Crippen LogP contribution in [-0.2, 0) is 4.79 Å². The van der Waals surface area contributed by atoms with E-state index < -0.39 is 17.4 Å². The van der Waals surface area contributed by atoms with Crippen LogP contribution in [0.1, 0.15) is 53.9 Å². The fourth-order valence-corrected chi connectivity index (χ4v) is 2.63. The van der Waals surface area contributed by atoms with E-state index in [9.17, 15) is 14.7 Å². The fraction of sp³-hybridized carbons (Fsp3) is 0.615. The SMILES string of the molecule is Cc1noc(C)c1C(=O)NC1(C(=O)O)CCCCC1. The van der Waals surface area contributed by atoms with Crippen LogP contribution in [0.5, 0.6) is 0 Å². The first-order chi connectivity index (χ1) is 8.96. The molecule has 1 fully saturated rings. The third-order valence-corrected chi connectivity index (χ3v) is 3.73. The van der Waals surface area contributed by atoms with E-state index in [1.165, 1.54) is 0 Å². The molecule has 2 rings (SSSR count). The van der Waals surface area contributed by atoms with Crippen LogP contribution in [0.2, 0.25) is 0 Å². The lowest BCUT2D eigenvalue weighted by molar-refractivity contribution is -0.145. The first-order valence-corrected chi connectivity index (χ1v) is 6.45. The van der Waals surface area contributed by atoms with E-state index in [1.807, 2.05) is 0 Å². The zero-order valence-electron chi connectivity index (χ0n) is 11.2. The highest BCUT2D eigenvalue weighted by Gasteiger charge is 2.41. The van der Waals surface area contributed by atoms with Crippen molar-refractivity contribution in [2.75, 3.05) is 0 Å². The summed E-state index contributed by atoms with van der Waals surface area (Å²) in [5, 5.41) is 15.8. The van der Waals surface area contributed by atoms with E-state index in [0.717, 1.165) is 19.3 Å². The van der Waals surface area contributed by atoms with Crippen LogP contribution in [0, 0.1) is 13.8 Å². The first kappa shape index (κ1) is 13.6. The zero-order valence-corrected chi connectivity index (χ0v) is 11.2. The van der Waals surface area contributed by atoms with Gasteiger partial charge in [0.1, 0.15) is 16.9 Å². The number of carboxylic acids is 1. The molecule has 0 saturated heterocycles. The Morgan fingerprint density at radius 3 is 2.37 bits per heavy atom. The Kier molecular flexibility index (Phi) is 3.59. The van der Waals surface area contributed by atoms with Gasteiger partial charge >= 0.3 is 5.97 Å². The van der Waals surface area contributed by atoms with Gasteiger partial charge in [-0.2, -0.15) is 0 Å². The lowest BCUT2D eigenvalue weighted by Crippen LogP contribution is -2.55. The summed E-state index contributed by atoms with van der Waals surface area (Å²) in [7, 11) is 0. The van der Waals surface area contributed by atoms with Gasteiger partial charge in [0, 0.05) is 0 Å². The number of amides is 1. The van der Waals surface area contributed by atoms with Gasteiger partial charge in [-0.05, 0) is 26.7 Å². The van der Waals surface area contributed by atoms with E-state index in [-0.39, 0.29) is 0 Å². The number of aryl methyl sites for hydroxylation is 2. The molecule has 0 aliphatic heterocycles. The summed E-state index contributed by atoms with van der Waals surface area (Å²) in [4.78, 5) is 23.7. The molecule has 1 aliphatic rings. The number of hydrogen-bond acceptors (Lipinski definition) is 4. The van der Waals surface area contributed by atoms with Gasteiger partial charge in [0.15, 0.2) is 0 Å². The number of aliphatic carboxylic acids is 1. The molecule has 1 saturated carbocycles. The summed E-state index contributed by atoms with van der Waals surface area (Å²) in [5.41, 5.74) is -0.330. The quantitative estimate of drug-likeness (QED) is 0.870. The molecule has 0 bridgehead atoms. The highest BCUT2D eigenvalue weighted by atomic mass is 16.5. The minimum atomic E-state index is -1.15. The maximum Gasteiger partial charge on any atom is 0.329 e. The Bertz CT molecular complexity index is 481. The molecule has 1 amide bonds. The van der Waals surface area contributed by atoms with E-state index in [1.54, 1.807) is 13.8 Å². The maximum absolute atomic E-state index is 12.3. The minimum absolute atomic E-state index is 0.339. The molecule has 1 aromatic rings. The van der Waals surface area contributed by atoms with Crippen molar-refractivity contribution >= 4 is 11.9 Å². The summed E-state index contributed by atoms with van der Waals surface area (Å²) in [6, 6.07) is 0. The van der Waals surface area contributed by atoms with Gasteiger partial charge < -0.3 is 14.9 Å². The standard InChI is InChI=1S/C13H18N2O4/c1-8-10(9(2)19-15-8)11(16)14-13(12(17)18)6-4-3-5-7-13/h3-7H2,1-2H3,(H,14,16)(H,17,18). The summed E-state index contributed by atoms with van der Waals surface area (Å²) in [6.07, 6.45) is 3.58. The van der Waals surface area contributed by atoms with Gasteiger partial charge in [0.05, 0.1) is 5.69 Å². The van der Waals surface area contributed by atoms with Crippen molar-refractivity contribution in [2.24, 2.45) is 0 Å². The van der Waals surface area contributed by atoms with Gasteiger partial charge in [0.25, 0.3) is 5.91 Å². The van der Waals surface area contributed by atoms with Crippen LogP contribution in [0.4, 0.5) is 0 Å². The molecular weight excluding hydrogens is 248 g/mol. The largest absolute Gasteiger partial charge is 0.480 e. The predicted octanol–water partition coefficient (Wildman–Crippen LogP) is 1.81. The molecule has 104 valence electrons. The van der Waals surface area contributed by atoms with Crippen molar-refractivity contribution in [3.63, 3.8) is 0 Å². The van der Waals surface area contributed by atoms with Crippen molar-refractivity contribution in [1.82, 2.24) is 10.5 Å². The summed E-state index contributed by atoms with van der Waals surface area (Å²) in [6.45, 7) is 3.31.